The molecule has 0 radical (unpaired) electrons. The molecule has 0 saturated carbocycles. The van der Waals surface area contributed by atoms with Crippen molar-refractivity contribution >= 4 is 23.2 Å². The topological polar surface area (TPSA) is 76.7 Å². The van der Waals surface area contributed by atoms with Gasteiger partial charge in [0.2, 0.25) is 0 Å². The van der Waals surface area contributed by atoms with Gasteiger partial charge in [0.1, 0.15) is 11.5 Å². The van der Waals surface area contributed by atoms with Crippen molar-refractivity contribution < 1.29 is 19.1 Å². The maximum absolute atomic E-state index is 12.3. The summed E-state index contributed by atoms with van der Waals surface area (Å²) in [6.07, 6.45) is 0. The van der Waals surface area contributed by atoms with Gasteiger partial charge in [-0.15, -0.1) is 0 Å². The number of hydrogen-bond donors (Lipinski definition) is 2. The zero-order chi connectivity index (χ0) is 23.1. The highest BCUT2D eigenvalue weighted by molar-refractivity contribution is 5.95. The minimum Gasteiger partial charge on any atom is -0.484 e. The first kappa shape index (κ1) is 22.9. The van der Waals surface area contributed by atoms with E-state index in [-0.39, 0.29) is 25.0 Å². The second-order valence-corrected chi connectivity index (χ2v) is 7.71. The van der Waals surface area contributed by atoms with Crippen molar-refractivity contribution in [2.45, 2.75) is 27.7 Å². The largest absolute Gasteiger partial charge is 0.484 e. The molecule has 0 atom stereocenters. The third kappa shape index (κ3) is 6.35. The van der Waals surface area contributed by atoms with Crippen LogP contribution in [0.3, 0.4) is 0 Å². The standard InChI is InChI=1S/C26H28N2O4/c1-17-5-9-21(10-6-17)31-15-25(29)27-23-13-14-24(20(4)19(23)3)28-26(30)16-32-22-11-7-18(2)8-12-22/h5-14H,15-16H2,1-4H3,(H,27,29)(H,28,30). The first-order valence-electron chi connectivity index (χ1n) is 10.4. The Balaban J connectivity index is 1.54. The fourth-order valence-corrected chi connectivity index (χ4v) is 3.03. The maximum Gasteiger partial charge on any atom is 0.262 e. The van der Waals surface area contributed by atoms with Gasteiger partial charge in [-0.05, 0) is 75.2 Å². The molecule has 2 N–H and O–H groups in total. The van der Waals surface area contributed by atoms with Crippen molar-refractivity contribution in [2.24, 2.45) is 0 Å². The normalized spacial score (nSPS) is 10.4. The third-order valence-corrected chi connectivity index (χ3v) is 5.12. The number of carbonyl (C=O) groups is 2. The van der Waals surface area contributed by atoms with E-state index in [1.165, 1.54) is 0 Å². The van der Waals surface area contributed by atoms with Crippen LogP contribution in [-0.2, 0) is 9.59 Å². The summed E-state index contributed by atoms with van der Waals surface area (Å²) in [5, 5.41) is 5.73. The van der Waals surface area contributed by atoms with Crippen molar-refractivity contribution in [1.29, 1.82) is 0 Å². The molecule has 3 rings (SSSR count). The summed E-state index contributed by atoms with van der Waals surface area (Å²) in [4.78, 5) is 24.6. The molecule has 0 heterocycles. The van der Waals surface area contributed by atoms with Gasteiger partial charge in [-0.1, -0.05) is 35.4 Å². The molecule has 0 saturated heterocycles. The van der Waals surface area contributed by atoms with Crippen LogP contribution in [0.25, 0.3) is 0 Å². The van der Waals surface area contributed by atoms with E-state index in [1.54, 1.807) is 12.1 Å². The average molecular weight is 433 g/mol. The van der Waals surface area contributed by atoms with Gasteiger partial charge in [-0.2, -0.15) is 0 Å². The van der Waals surface area contributed by atoms with E-state index in [4.69, 9.17) is 9.47 Å². The quantitative estimate of drug-likeness (QED) is 0.528. The van der Waals surface area contributed by atoms with Crippen molar-refractivity contribution in [3.63, 3.8) is 0 Å². The van der Waals surface area contributed by atoms with Crippen LogP contribution < -0.4 is 20.1 Å². The minimum absolute atomic E-state index is 0.0869. The highest BCUT2D eigenvalue weighted by Gasteiger charge is 2.12. The Hall–Kier alpha value is -3.80. The van der Waals surface area contributed by atoms with E-state index in [0.717, 1.165) is 22.3 Å². The van der Waals surface area contributed by atoms with Crippen LogP contribution in [0.5, 0.6) is 11.5 Å². The SMILES string of the molecule is Cc1ccc(OCC(=O)Nc2ccc(NC(=O)COc3ccc(C)cc3)c(C)c2C)cc1. The number of hydrogen-bond acceptors (Lipinski definition) is 4. The van der Waals surface area contributed by atoms with E-state index >= 15 is 0 Å². The lowest BCUT2D eigenvalue weighted by Gasteiger charge is -2.15. The number of aryl methyl sites for hydroxylation is 2. The molecule has 0 bridgehead atoms. The fourth-order valence-electron chi connectivity index (χ4n) is 3.03. The molecule has 0 unspecified atom stereocenters. The Labute approximate surface area is 188 Å². The molecular formula is C26H28N2O4. The molecule has 3 aromatic carbocycles. The van der Waals surface area contributed by atoms with E-state index < -0.39 is 0 Å². The van der Waals surface area contributed by atoms with Gasteiger partial charge in [0.15, 0.2) is 13.2 Å². The van der Waals surface area contributed by atoms with Gasteiger partial charge >= 0.3 is 0 Å². The van der Waals surface area contributed by atoms with E-state index in [9.17, 15) is 9.59 Å². The first-order chi connectivity index (χ1) is 15.3. The molecule has 0 aliphatic heterocycles. The Morgan fingerprint density at radius 2 is 0.938 bits per heavy atom. The number of amides is 2. The molecular weight excluding hydrogens is 404 g/mol. The molecule has 3 aromatic rings. The average Bonchev–Trinajstić information content (AvgIpc) is 2.78. The van der Waals surface area contributed by atoms with Crippen LogP contribution in [0, 0.1) is 27.7 Å². The van der Waals surface area contributed by atoms with Gasteiger partial charge in [0.25, 0.3) is 11.8 Å². The molecule has 0 aromatic heterocycles. The Kier molecular flexibility index (Phi) is 7.49. The molecule has 6 heteroatoms. The van der Waals surface area contributed by atoms with Gasteiger partial charge in [-0.25, -0.2) is 0 Å². The molecule has 6 nitrogen and oxygen atoms in total. The number of nitrogens with one attached hydrogen (secondary N) is 2. The molecule has 166 valence electrons. The smallest absolute Gasteiger partial charge is 0.262 e. The van der Waals surface area contributed by atoms with Crippen molar-refractivity contribution in [1.82, 2.24) is 0 Å². The first-order valence-corrected chi connectivity index (χ1v) is 10.4. The number of anilines is 2. The Bertz CT molecular complexity index is 1000. The zero-order valence-electron chi connectivity index (χ0n) is 18.8. The second kappa shape index (κ2) is 10.5. The molecule has 0 spiro atoms. The highest BCUT2D eigenvalue weighted by Crippen LogP contribution is 2.26. The van der Waals surface area contributed by atoms with Gasteiger partial charge < -0.3 is 20.1 Å². The number of rotatable bonds is 8. The zero-order valence-corrected chi connectivity index (χ0v) is 18.8. The van der Waals surface area contributed by atoms with Crippen LogP contribution in [0.15, 0.2) is 60.7 Å². The van der Waals surface area contributed by atoms with Crippen LogP contribution in [0.1, 0.15) is 22.3 Å². The number of ether oxygens (including phenoxy) is 2. The van der Waals surface area contributed by atoms with Crippen LogP contribution >= 0.6 is 0 Å². The predicted octanol–water partition coefficient (Wildman–Crippen LogP) is 4.96. The predicted molar refractivity (Wildman–Crippen MR) is 127 cm³/mol. The second-order valence-electron chi connectivity index (χ2n) is 7.71. The summed E-state index contributed by atoms with van der Waals surface area (Å²) in [7, 11) is 0. The summed E-state index contributed by atoms with van der Waals surface area (Å²) in [6, 6.07) is 18.6. The van der Waals surface area contributed by atoms with Gasteiger partial charge in [0, 0.05) is 11.4 Å². The van der Waals surface area contributed by atoms with E-state index in [1.807, 2.05) is 76.2 Å². The molecule has 32 heavy (non-hydrogen) atoms. The third-order valence-electron chi connectivity index (χ3n) is 5.12. The monoisotopic (exact) mass is 432 g/mol. The van der Waals surface area contributed by atoms with Gasteiger partial charge in [-0.3, -0.25) is 9.59 Å². The van der Waals surface area contributed by atoms with Gasteiger partial charge in [0.05, 0.1) is 0 Å². The van der Waals surface area contributed by atoms with Crippen LogP contribution in [0.2, 0.25) is 0 Å². The fraction of sp³-hybridized carbons (Fsp3) is 0.231. The van der Waals surface area contributed by atoms with Crippen LogP contribution in [-0.4, -0.2) is 25.0 Å². The molecule has 0 fully saturated rings. The maximum atomic E-state index is 12.3. The Morgan fingerprint density at radius 3 is 1.28 bits per heavy atom. The summed E-state index contributed by atoms with van der Waals surface area (Å²) in [5.41, 5.74) is 5.34. The van der Waals surface area contributed by atoms with E-state index in [0.29, 0.717) is 22.9 Å². The van der Waals surface area contributed by atoms with Crippen molar-refractivity contribution in [3.05, 3.63) is 82.9 Å². The van der Waals surface area contributed by atoms with Crippen molar-refractivity contribution in [2.75, 3.05) is 23.8 Å². The van der Waals surface area contributed by atoms with Crippen LogP contribution in [0.4, 0.5) is 11.4 Å². The molecule has 0 aliphatic rings. The lowest BCUT2D eigenvalue weighted by atomic mass is 10.1. The lowest BCUT2D eigenvalue weighted by Crippen LogP contribution is -2.22. The molecule has 0 aliphatic carbocycles. The summed E-state index contributed by atoms with van der Waals surface area (Å²) in [5.74, 6) is 0.779. The molecule has 2 amide bonds. The number of carbonyl (C=O) groups excluding carboxylic acids is 2. The lowest BCUT2D eigenvalue weighted by molar-refractivity contribution is -0.118. The Morgan fingerprint density at radius 1 is 0.594 bits per heavy atom. The summed E-state index contributed by atoms with van der Waals surface area (Å²) < 4.78 is 11.1. The van der Waals surface area contributed by atoms with E-state index in [2.05, 4.69) is 10.6 Å². The summed E-state index contributed by atoms with van der Waals surface area (Å²) in [6.45, 7) is 7.59. The summed E-state index contributed by atoms with van der Waals surface area (Å²) >= 11 is 0. The highest BCUT2D eigenvalue weighted by atomic mass is 16.5. The number of benzene rings is 3. The minimum atomic E-state index is -0.253. The van der Waals surface area contributed by atoms with Crippen molar-refractivity contribution in [3.8, 4) is 11.5 Å².